The first kappa shape index (κ1) is 15.2. The van der Waals surface area contributed by atoms with Crippen molar-refractivity contribution in [1.29, 1.82) is 0 Å². The highest BCUT2D eigenvalue weighted by molar-refractivity contribution is 7.99. The molecular formula is C17H32N2S. The summed E-state index contributed by atoms with van der Waals surface area (Å²) in [5, 5.41) is 8.79. The molecule has 20 heavy (non-hydrogen) atoms. The fourth-order valence-electron chi connectivity index (χ4n) is 4.73. The van der Waals surface area contributed by atoms with Gasteiger partial charge in [-0.15, -0.1) is 0 Å². The Kier molecular flexibility index (Phi) is 5.70. The van der Waals surface area contributed by atoms with Crippen LogP contribution in [-0.4, -0.2) is 36.2 Å². The lowest BCUT2D eigenvalue weighted by Gasteiger charge is -2.37. The zero-order valence-electron chi connectivity index (χ0n) is 13.1. The number of hydrogen-bond acceptors (Lipinski definition) is 3. The van der Waals surface area contributed by atoms with Crippen molar-refractivity contribution in [1.82, 2.24) is 10.6 Å². The van der Waals surface area contributed by atoms with E-state index in [0.717, 1.165) is 29.3 Å². The van der Waals surface area contributed by atoms with E-state index in [4.69, 9.17) is 0 Å². The lowest BCUT2D eigenvalue weighted by molar-refractivity contribution is 0.233. The molecule has 5 atom stereocenters. The SMILES string of the molecule is CSC1CCCC(NC2CCCC2C2CCCCN2)C1. The van der Waals surface area contributed by atoms with Crippen molar-refractivity contribution in [2.75, 3.05) is 12.8 Å². The van der Waals surface area contributed by atoms with E-state index in [0.29, 0.717) is 0 Å². The Morgan fingerprint density at radius 3 is 2.65 bits per heavy atom. The summed E-state index contributed by atoms with van der Waals surface area (Å²) in [6.07, 6.45) is 16.5. The van der Waals surface area contributed by atoms with E-state index in [1.165, 1.54) is 70.8 Å². The van der Waals surface area contributed by atoms with Crippen LogP contribution in [0.4, 0.5) is 0 Å². The summed E-state index contributed by atoms with van der Waals surface area (Å²) in [6.45, 7) is 1.26. The van der Waals surface area contributed by atoms with E-state index in [2.05, 4.69) is 28.7 Å². The molecular weight excluding hydrogens is 264 g/mol. The second kappa shape index (κ2) is 7.51. The molecule has 0 amide bonds. The number of thioether (sulfide) groups is 1. The van der Waals surface area contributed by atoms with Gasteiger partial charge in [0.25, 0.3) is 0 Å². The lowest BCUT2D eigenvalue weighted by atomic mass is 9.87. The molecule has 116 valence electrons. The third-order valence-electron chi connectivity index (χ3n) is 5.84. The zero-order chi connectivity index (χ0) is 13.8. The second-order valence-electron chi connectivity index (χ2n) is 7.15. The molecule has 3 aliphatic rings. The number of hydrogen-bond donors (Lipinski definition) is 2. The maximum Gasteiger partial charge on any atom is 0.0113 e. The first-order chi connectivity index (χ1) is 9.86. The fraction of sp³-hybridized carbons (Fsp3) is 1.00. The van der Waals surface area contributed by atoms with Crippen LogP contribution < -0.4 is 10.6 Å². The Bertz CT molecular complexity index is 291. The standard InChI is InChI=1S/C17H32N2S/c1-20-14-7-4-6-13(12-14)19-17-10-5-8-15(17)16-9-2-3-11-18-16/h13-19H,2-12H2,1H3. The van der Waals surface area contributed by atoms with Crippen LogP contribution in [0.15, 0.2) is 0 Å². The van der Waals surface area contributed by atoms with Crippen molar-refractivity contribution in [3.8, 4) is 0 Å². The molecule has 2 saturated carbocycles. The van der Waals surface area contributed by atoms with Gasteiger partial charge < -0.3 is 10.6 Å². The van der Waals surface area contributed by atoms with Gasteiger partial charge in [0.15, 0.2) is 0 Å². The largest absolute Gasteiger partial charge is 0.314 e. The van der Waals surface area contributed by atoms with Crippen molar-refractivity contribution in [3.05, 3.63) is 0 Å². The average Bonchev–Trinajstić information content (AvgIpc) is 2.96. The highest BCUT2D eigenvalue weighted by Crippen LogP contribution is 2.34. The normalized spacial score (nSPS) is 42.8. The van der Waals surface area contributed by atoms with Crippen molar-refractivity contribution in [2.45, 2.75) is 87.6 Å². The van der Waals surface area contributed by atoms with Gasteiger partial charge >= 0.3 is 0 Å². The van der Waals surface area contributed by atoms with Gasteiger partial charge in [0, 0.05) is 23.4 Å². The molecule has 2 aliphatic carbocycles. The Labute approximate surface area is 129 Å². The molecule has 0 radical (unpaired) electrons. The molecule has 0 spiro atoms. The second-order valence-corrected chi connectivity index (χ2v) is 8.28. The summed E-state index contributed by atoms with van der Waals surface area (Å²) in [7, 11) is 0. The Morgan fingerprint density at radius 2 is 1.85 bits per heavy atom. The van der Waals surface area contributed by atoms with Gasteiger partial charge in [-0.3, -0.25) is 0 Å². The highest BCUT2D eigenvalue weighted by atomic mass is 32.2. The third-order valence-corrected chi connectivity index (χ3v) is 6.94. The maximum atomic E-state index is 4.08. The van der Waals surface area contributed by atoms with Gasteiger partial charge in [-0.1, -0.05) is 19.3 Å². The molecule has 1 heterocycles. The van der Waals surface area contributed by atoms with Gasteiger partial charge in [0.1, 0.15) is 0 Å². The summed E-state index contributed by atoms with van der Waals surface area (Å²) in [6, 6.07) is 2.41. The predicted octanol–water partition coefficient (Wildman–Crippen LogP) is 3.56. The van der Waals surface area contributed by atoms with Gasteiger partial charge in [-0.2, -0.15) is 11.8 Å². The lowest BCUT2D eigenvalue weighted by Crippen LogP contribution is -2.50. The molecule has 0 aromatic heterocycles. The van der Waals surface area contributed by atoms with Gasteiger partial charge in [-0.25, -0.2) is 0 Å². The molecule has 0 bridgehead atoms. The minimum atomic E-state index is 0.801. The van der Waals surface area contributed by atoms with Crippen molar-refractivity contribution in [3.63, 3.8) is 0 Å². The van der Waals surface area contributed by atoms with Crippen LogP contribution in [-0.2, 0) is 0 Å². The topological polar surface area (TPSA) is 24.1 Å². The van der Waals surface area contributed by atoms with Crippen molar-refractivity contribution >= 4 is 11.8 Å². The number of nitrogens with one attached hydrogen (secondary N) is 2. The molecule has 5 unspecified atom stereocenters. The molecule has 2 N–H and O–H groups in total. The Hall–Kier alpha value is 0.270. The summed E-state index contributed by atoms with van der Waals surface area (Å²) >= 11 is 2.08. The van der Waals surface area contributed by atoms with Crippen molar-refractivity contribution in [2.24, 2.45) is 5.92 Å². The van der Waals surface area contributed by atoms with Crippen LogP contribution in [0.1, 0.15) is 64.2 Å². The van der Waals surface area contributed by atoms with Crippen LogP contribution in [0, 0.1) is 5.92 Å². The third kappa shape index (κ3) is 3.72. The average molecular weight is 297 g/mol. The first-order valence-electron chi connectivity index (χ1n) is 8.89. The van der Waals surface area contributed by atoms with E-state index in [-0.39, 0.29) is 0 Å². The van der Waals surface area contributed by atoms with Gasteiger partial charge in [0.05, 0.1) is 0 Å². The first-order valence-corrected chi connectivity index (χ1v) is 10.2. The minimum absolute atomic E-state index is 0.801. The molecule has 1 saturated heterocycles. The van der Waals surface area contributed by atoms with Gasteiger partial charge in [-0.05, 0) is 63.7 Å². The molecule has 3 heteroatoms. The zero-order valence-corrected chi connectivity index (χ0v) is 13.9. The summed E-state index contributed by atoms with van der Waals surface area (Å²) in [4.78, 5) is 0. The molecule has 1 aliphatic heterocycles. The van der Waals surface area contributed by atoms with Crippen LogP contribution in [0.2, 0.25) is 0 Å². The minimum Gasteiger partial charge on any atom is -0.314 e. The predicted molar refractivity (Wildman–Crippen MR) is 89.5 cm³/mol. The van der Waals surface area contributed by atoms with Crippen LogP contribution >= 0.6 is 11.8 Å². The van der Waals surface area contributed by atoms with E-state index < -0.39 is 0 Å². The molecule has 3 fully saturated rings. The van der Waals surface area contributed by atoms with E-state index in [1.54, 1.807) is 0 Å². The molecule has 0 aromatic rings. The monoisotopic (exact) mass is 296 g/mol. The van der Waals surface area contributed by atoms with Crippen LogP contribution in [0.25, 0.3) is 0 Å². The van der Waals surface area contributed by atoms with E-state index in [9.17, 15) is 0 Å². The Morgan fingerprint density at radius 1 is 0.950 bits per heavy atom. The van der Waals surface area contributed by atoms with E-state index in [1.807, 2.05) is 0 Å². The van der Waals surface area contributed by atoms with Gasteiger partial charge in [0.2, 0.25) is 0 Å². The molecule has 0 aromatic carbocycles. The van der Waals surface area contributed by atoms with Crippen LogP contribution in [0.5, 0.6) is 0 Å². The summed E-state index contributed by atoms with van der Waals surface area (Å²) < 4.78 is 0. The summed E-state index contributed by atoms with van der Waals surface area (Å²) in [5.74, 6) is 0.907. The van der Waals surface area contributed by atoms with Crippen molar-refractivity contribution < 1.29 is 0 Å². The molecule has 3 rings (SSSR count). The number of piperidine rings is 1. The summed E-state index contributed by atoms with van der Waals surface area (Å²) in [5.41, 5.74) is 0. The van der Waals surface area contributed by atoms with Crippen LogP contribution in [0.3, 0.4) is 0 Å². The molecule has 2 nitrogen and oxygen atoms in total. The fourth-order valence-corrected chi connectivity index (χ4v) is 5.56. The highest BCUT2D eigenvalue weighted by Gasteiger charge is 2.35. The smallest absolute Gasteiger partial charge is 0.0113 e. The Balaban J connectivity index is 1.52. The van der Waals surface area contributed by atoms with E-state index >= 15 is 0 Å². The maximum absolute atomic E-state index is 4.08. The quantitative estimate of drug-likeness (QED) is 0.829. The number of rotatable bonds is 4.